The number of benzene rings is 1. The van der Waals surface area contributed by atoms with Gasteiger partial charge in [-0.05, 0) is 35.8 Å². The van der Waals surface area contributed by atoms with Crippen molar-refractivity contribution in [2.75, 3.05) is 13.2 Å². The van der Waals surface area contributed by atoms with Crippen LogP contribution < -0.4 is 11.4 Å². The average molecular weight is 541 g/mol. The fourth-order valence-corrected chi connectivity index (χ4v) is 10.2. The van der Waals surface area contributed by atoms with Crippen molar-refractivity contribution in [3.63, 3.8) is 0 Å². The topological polar surface area (TPSA) is 67.4 Å². The number of nitrogens with zero attached hydrogens (tertiary/aromatic N) is 3. The molecule has 0 amide bonds. The maximum Gasteiger partial charge on any atom is 0.352 e. The Kier molecular flexibility index (Phi) is 3.70. The van der Waals surface area contributed by atoms with Crippen molar-refractivity contribution in [3.8, 4) is 5.69 Å². The van der Waals surface area contributed by atoms with Crippen LogP contribution in [0.5, 0.6) is 0 Å². The summed E-state index contributed by atoms with van der Waals surface area (Å²) < 4.78 is 16.6. The van der Waals surface area contributed by atoms with E-state index in [9.17, 15) is 9.59 Å². The maximum absolute atomic E-state index is 13.6. The molecule has 2 aromatic rings. The minimum Gasteiger partial charge on any atom is -0.344 e. The highest BCUT2D eigenvalue weighted by atomic mass is 35.5. The Hall–Kier alpha value is -1.48. The number of hydrogen-bond acceptors (Lipinski definition) is 4. The lowest BCUT2D eigenvalue weighted by atomic mass is 9.46. The zero-order valence-corrected chi connectivity index (χ0v) is 20.4. The molecule has 1 spiro atoms. The van der Waals surface area contributed by atoms with E-state index in [0.29, 0.717) is 18.9 Å². The van der Waals surface area contributed by atoms with E-state index in [1.807, 2.05) is 18.2 Å². The van der Waals surface area contributed by atoms with Gasteiger partial charge in [-0.1, -0.05) is 53.6 Å². The van der Waals surface area contributed by atoms with Crippen molar-refractivity contribution >= 4 is 46.4 Å². The third kappa shape index (κ3) is 1.77. The third-order valence-electron chi connectivity index (χ3n) is 8.94. The molecule has 9 rings (SSSR count). The van der Waals surface area contributed by atoms with Gasteiger partial charge < -0.3 is 9.47 Å². The van der Waals surface area contributed by atoms with Gasteiger partial charge in [-0.25, -0.2) is 23.5 Å². The van der Waals surface area contributed by atoms with Crippen LogP contribution in [-0.4, -0.2) is 42.7 Å². The van der Waals surface area contributed by atoms with E-state index in [1.54, 1.807) is 33.6 Å². The molecule has 0 radical (unpaired) electrons. The van der Waals surface area contributed by atoms with Crippen molar-refractivity contribution in [1.82, 2.24) is 13.9 Å². The maximum atomic E-state index is 13.6. The first kappa shape index (κ1) is 20.7. The Morgan fingerprint density at radius 1 is 0.794 bits per heavy atom. The predicted octanol–water partition coefficient (Wildman–Crippen LogP) is 3.36. The second kappa shape index (κ2) is 6.07. The van der Waals surface area contributed by atoms with Crippen LogP contribution in [0, 0.1) is 23.7 Å². The fourth-order valence-electron chi connectivity index (χ4n) is 7.94. The summed E-state index contributed by atoms with van der Waals surface area (Å²) in [5.74, 6) is -2.01. The van der Waals surface area contributed by atoms with E-state index in [1.165, 1.54) is 4.57 Å². The number of halogens is 4. The highest BCUT2D eigenvalue weighted by molar-refractivity contribution is 6.52. The lowest BCUT2D eigenvalue weighted by molar-refractivity contribution is -0.172. The van der Waals surface area contributed by atoms with E-state index in [2.05, 4.69) is 0 Å². The minimum atomic E-state index is -1.38. The molecule has 1 saturated heterocycles. The van der Waals surface area contributed by atoms with Gasteiger partial charge in [-0.15, -0.1) is 23.2 Å². The zero-order chi connectivity index (χ0) is 23.4. The van der Waals surface area contributed by atoms with E-state index in [0.717, 1.165) is 0 Å². The molecule has 8 unspecified atom stereocenters. The summed E-state index contributed by atoms with van der Waals surface area (Å²) >= 11 is 28.2. The third-order valence-corrected chi connectivity index (χ3v) is 11.6. The van der Waals surface area contributed by atoms with Crippen LogP contribution >= 0.6 is 46.4 Å². The van der Waals surface area contributed by atoms with Gasteiger partial charge in [-0.2, -0.15) is 0 Å². The molecule has 3 fully saturated rings. The molecular weight excluding hydrogens is 524 g/mol. The summed E-state index contributed by atoms with van der Waals surface area (Å²) in [6.07, 6.45) is 3.99. The number of ether oxygens (including phenoxy) is 2. The summed E-state index contributed by atoms with van der Waals surface area (Å²) in [5.41, 5.74) is -0.235. The highest BCUT2D eigenvalue weighted by Crippen LogP contribution is 2.84. The second-order valence-corrected chi connectivity index (χ2v) is 11.8. The number of allylic oxidation sites excluding steroid dienone is 2. The second-order valence-electron chi connectivity index (χ2n) is 9.86. The van der Waals surface area contributed by atoms with Crippen LogP contribution in [0.1, 0.15) is 12.1 Å². The Morgan fingerprint density at radius 3 is 1.74 bits per heavy atom. The summed E-state index contributed by atoms with van der Waals surface area (Å²) in [7, 11) is 0. The summed E-state index contributed by atoms with van der Waals surface area (Å²) in [4.78, 5) is 24.6. The zero-order valence-electron chi connectivity index (χ0n) is 17.4. The van der Waals surface area contributed by atoms with Crippen LogP contribution in [0.15, 0.2) is 62.1 Å². The van der Waals surface area contributed by atoms with E-state index >= 15 is 0 Å². The van der Waals surface area contributed by atoms with Crippen LogP contribution in [-0.2, 0) is 9.47 Å². The normalized spacial score (nSPS) is 43.9. The van der Waals surface area contributed by atoms with E-state index in [-0.39, 0.29) is 57.2 Å². The molecule has 4 aliphatic carbocycles. The van der Waals surface area contributed by atoms with Crippen LogP contribution in [0.4, 0.5) is 0 Å². The number of aromatic nitrogens is 3. The monoisotopic (exact) mass is 539 g/mol. The molecule has 7 aliphatic rings. The molecule has 3 aliphatic heterocycles. The average Bonchev–Trinajstić information content (AvgIpc) is 3.49. The van der Waals surface area contributed by atoms with Gasteiger partial charge in [0.05, 0.1) is 41.0 Å². The van der Waals surface area contributed by atoms with Crippen LogP contribution in [0.2, 0.25) is 0 Å². The molecule has 1 aromatic carbocycles. The van der Waals surface area contributed by atoms with Crippen molar-refractivity contribution in [1.29, 1.82) is 0 Å². The summed E-state index contributed by atoms with van der Waals surface area (Å²) in [5, 5.41) is 0.508. The van der Waals surface area contributed by atoms with Gasteiger partial charge in [-0.3, -0.25) is 0 Å². The minimum absolute atomic E-state index is 0.0787. The summed E-state index contributed by atoms with van der Waals surface area (Å²) in [6.45, 7) is 0.664. The largest absolute Gasteiger partial charge is 0.352 e. The van der Waals surface area contributed by atoms with Gasteiger partial charge in [0, 0.05) is 0 Å². The van der Waals surface area contributed by atoms with Crippen molar-refractivity contribution in [3.05, 3.63) is 73.5 Å². The molecule has 0 N–H and O–H groups in total. The Morgan fingerprint density at radius 2 is 1.26 bits per heavy atom. The molecule has 11 heteroatoms. The van der Waals surface area contributed by atoms with E-state index in [4.69, 9.17) is 55.9 Å². The molecule has 1 aromatic heterocycles. The number of rotatable bonds is 1. The molecule has 4 heterocycles. The lowest BCUT2D eigenvalue weighted by Crippen LogP contribution is -2.66. The van der Waals surface area contributed by atoms with Crippen molar-refractivity contribution < 1.29 is 9.47 Å². The molecule has 7 nitrogen and oxygen atoms in total. The standard InChI is InChI=1S/C23H17Cl4N3O4/c24-17-18(25)22(27)16-14-12-7-6-11(13(14)15(16)21(17,26)23(22)33-8-9-34-23)29-19(31)28(20(32)30(12)29)10-4-2-1-3-5-10/h1-7,11-16H,8-9H2. The van der Waals surface area contributed by atoms with Crippen molar-refractivity contribution in [2.24, 2.45) is 23.7 Å². The first-order valence-electron chi connectivity index (χ1n) is 11.2. The quantitative estimate of drug-likeness (QED) is 0.411. The number of fused-ring (bicyclic) bond motifs is 3. The number of para-hydroxylation sites is 1. The molecule has 8 atom stereocenters. The van der Waals surface area contributed by atoms with Gasteiger partial charge in [0.25, 0.3) is 0 Å². The van der Waals surface area contributed by atoms with Gasteiger partial charge in [0.1, 0.15) is 9.75 Å². The summed E-state index contributed by atoms with van der Waals surface area (Å²) in [6, 6.07) is 8.18. The highest BCUT2D eigenvalue weighted by Gasteiger charge is 2.92. The molecular formula is C23H17Cl4N3O4. The van der Waals surface area contributed by atoms with Gasteiger partial charge in [0.2, 0.25) is 5.79 Å². The lowest BCUT2D eigenvalue weighted by Gasteiger charge is -2.63. The smallest absolute Gasteiger partial charge is 0.344 e. The van der Waals surface area contributed by atoms with Gasteiger partial charge in [0.15, 0.2) is 0 Å². The predicted molar refractivity (Wildman–Crippen MR) is 126 cm³/mol. The first-order chi connectivity index (χ1) is 16.3. The molecule has 2 saturated carbocycles. The van der Waals surface area contributed by atoms with Gasteiger partial charge >= 0.3 is 11.4 Å². The Labute approximate surface area is 213 Å². The molecule has 34 heavy (non-hydrogen) atoms. The molecule has 4 bridgehead atoms. The van der Waals surface area contributed by atoms with Crippen LogP contribution in [0.3, 0.4) is 0 Å². The molecule has 176 valence electrons. The van der Waals surface area contributed by atoms with E-state index < -0.39 is 15.5 Å². The first-order valence-corrected chi connectivity index (χ1v) is 12.7. The number of alkyl halides is 2. The SMILES string of the molecule is O=c1n(-c2ccccc2)c(=O)n2n1C1C=CC2C2C1C1C2C2(Cl)C(Cl)=C(Cl)C1(Cl)C21OCCO1. The fraction of sp³-hybridized carbons (Fsp3) is 0.478. The number of hydrogen-bond donors (Lipinski definition) is 0. The Balaban J connectivity index is 1.35. The Bertz CT molecular complexity index is 1390. The van der Waals surface area contributed by atoms with Crippen molar-refractivity contribution in [2.45, 2.75) is 27.6 Å². The van der Waals surface area contributed by atoms with Crippen LogP contribution in [0.25, 0.3) is 5.69 Å².